The second-order valence-electron chi connectivity index (χ2n) is 7.27. The van der Waals surface area contributed by atoms with Gasteiger partial charge in [-0.1, -0.05) is 12.8 Å². The Morgan fingerprint density at radius 1 is 1.24 bits per heavy atom. The Kier molecular flexibility index (Phi) is 5.17. The third-order valence-corrected chi connectivity index (χ3v) is 5.60. The lowest BCUT2D eigenvalue weighted by Crippen LogP contribution is -2.52. The Bertz CT molecular complexity index is 354. The van der Waals surface area contributed by atoms with Gasteiger partial charge in [0.25, 0.3) is 0 Å². The van der Waals surface area contributed by atoms with Gasteiger partial charge in [0.2, 0.25) is 5.91 Å². The lowest BCUT2D eigenvalue weighted by Gasteiger charge is -2.38. The maximum Gasteiger partial charge on any atom is 0.222 e. The zero-order valence-electron chi connectivity index (χ0n) is 13.4. The van der Waals surface area contributed by atoms with Gasteiger partial charge in [0.15, 0.2) is 0 Å². The molecular formula is C17H31N3O. The molecule has 2 saturated heterocycles. The van der Waals surface area contributed by atoms with E-state index in [4.69, 9.17) is 0 Å². The summed E-state index contributed by atoms with van der Waals surface area (Å²) < 4.78 is 0. The molecule has 4 unspecified atom stereocenters. The quantitative estimate of drug-likeness (QED) is 0.814. The third-order valence-electron chi connectivity index (χ3n) is 5.60. The predicted molar refractivity (Wildman–Crippen MR) is 85.2 cm³/mol. The van der Waals surface area contributed by atoms with E-state index in [-0.39, 0.29) is 0 Å². The molecule has 4 atom stereocenters. The lowest BCUT2D eigenvalue weighted by molar-refractivity contribution is -0.128. The van der Waals surface area contributed by atoms with Gasteiger partial charge in [-0.2, -0.15) is 0 Å². The normalized spacial score (nSPS) is 35.4. The van der Waals surface area contributed by atoms with E-state index in [1.165, 1.54) is 45.1 Å². The van der Waals surface area contributed by atoms with Crippen LogP contribution in [0.15, 0.2) is 0 Å². The van der Waals surface area contributed by atoms with E-state index in [1.807, 2.05) is 4.90 Å². The van der Waals surface area contributed by atoms with E-state index in [0.29, 0.717) is 18.0 Å². The van der Waals surface area contributed by atoms with Crippen LogP contribution in [0.3, 0.4) is 0 Å². The van der Waals surface area contributed by atoms with E-state index in [1.54, 1.807) is 0 Å². The molecule has 3 fully saturated rings. The summed E-state index contributed by atoms with van der Waals surface area (Å²) in [6.07, 6.45) is 9.91. The number of likely N-dealkylation sites (tertiary alicyclic amines) is 1. The zero-order valence-corrected chi connectivity index (χ0v) is 13.4. The van der Waals surface area contributed by atoms with E-state index in [2.05, 4.69) is 17.6 Å². The van der Waals surface area contributed by atoms with Crippen molar-refractivity contribution in [1.29, 1.82) is 0 Å². The summed E-state index contributed by atoms with van der Waals surface area (Å²) in [6, 6.07) is 1.78. The number of nitrogens with one attached hydrogen (secondary N) is 2. The molecule has 1 saturated carbocycles. The van der Waals surface area contributed by atoms with Crippen LogP contribution < -0.4 is 10.6 Å². The summed E-state index contributed by atoms with van der Waals surface area (Å²) in [5.74, 6) is 1.14. The van der Waals surface area contributed by atoms with Crippen molar-refractivity contribution < 1.29 is 4.79 Å². The molecule has 120 valence electrons. The van der Waals surface area contributed by atoms with Gasteiger partial charge in [-0.25, -0.2) is 0 Å². The fourth-order valence-electron chi connectivity index (χ4n) is 4.57. The van der Waals surface area contributed by atoms with Crippen molar-refractivity contribution in [2.24, 2.45) is 5.92 Å². The number of amides is 1. The smallest absolute Gasteiger partial charge is 0.222 e. The first-order valence-corrected chi connectivity index (χ1v) is 9.01. The molecule has 3 rings (SSSR count). The zero-order chi connectivity index (χ0) is 14.7. The van der Waals surface area contributed by atoms with E-state index < -0.39 is 0 Å². The number of nitrogens with zero attached hydrogens (tertiary/aromatic N) is 1. The van der Waals surface area contributed by atoms with Gasteiger partial charge in [0.1, 0.15) is 0 Å². The average molecular weight is 293 g/mol. The molecular weight excluding hydrogens is 262 g/mol. The first kappa shape index (κ1) is 15.3. The molecule has 1 amide bonds. The molecule has 0 bridgehead atoms. The molecule has 3 aliphatic rings. The maximum absolute atomic E-state index is 11.8. The van der Waals surface area contributed by atoms with Crippen LogP contribution in [-0.4, -0.2) is 48.6 Å². The van der Waals surface area contributed by atoms with Crippen molar-refractivity contribution in [2.75, 3.05) is 19.6 Å². The number of carbonyl (C=O) groups is 1. The van der Waals surface area contributed by atoms with Crippen molar-refractivity contribution in [3.63, 3.8) is 0 Å². The monoisotopic (exact) mass is 293 g/mol. The molecule has 2 heterocycles. The molecule has 0 aromatic heterocycles. The Morgan fingerprint density at radius 3 is 2.81 bits per heavy atom. The minimum Gasteiger partial charge on any atom is -0.341 e. The molecule has 2 N–H and O–H groups in total. The van der Waals surface area contributed by atoms with Crippen molar-refractivity contribution in [1.82, 2.24) is 15.5 Å². The van der Waals surface area contributed by atoms with Crippen LogP contribution >= 0.6 is 0 Å². The van der Waals surface area contributed by atoms with Gasteiger partial charge in [-0.3, -0.25) is 4.79 Å². The van der Waals surface area contributed by atoms with Gasteiger partial charge in [0, 0.05) is 37.6 Å². The van der Waals surface area contributed by atoms with E-state index >= 15 is 0 Å². The van der Waals surface area contributed by atoms with Crippen LogP contribution in [-0.2, 0) is 4.79 Å². The predicted octanol–water partition coefficient (Wildman–Crippen LogP) is 1.90. The molecule has 2 aliphatic heterocycles. The van der Waals surface area contributed by atoms with Crippen LogP contribution in [0, 0.1) is 5.92 Å². The van der Waals surface area contributed by atoms with Crippen molar-refractivity contribution in [3.8, 4) is 0 Å². The summed E-state index contributed by atoms with van der Waals surface area (Å²) >= 11 is 0. The Morgan fingerprint density at radius 2 is 2.10 bits per heavy atom. The molecule has 0 radical (unpaired) electrons. The highest BCUT2D eigenvalue weighted by Gasteiger charge is 2.34. The van der Waals surface area contributed by atoms with E-state index in [0.717, 1.165) is 37.9 Å². The van der Waals surface area contributed by atoms with Crippen molar-refractivity contribution in [2.45, 2.75) is 76.4 Å². The van der Waals surface area contributed by atoms with Gasteiger partial charge < -0.3 is 15.5 Å². The second kappa shape index (κ2) is 7.10. The molecule has 1 aliphatic carbocycles. The van der Waals surface area contributed by atoms with Crippen molar-refractivity contribution >= 4 is 5.91 Å². The Hall–Kier alpha value is -0.610. The summed E-state index contributed by atoms with van der Waals surface area (Å²) in [5, 5.41) is 7.56. The first-order chi connectivity index (χ1) is 10.2. The average Bonchev–Trinajstić information content (AvgIpc) is 3.12. The summed E-state index contributed by atoms with van der Waals surface area (Å²) in [5.41, 5.74) is 0. The van der Waals surface area contributed by atoms with Crippen LogP contribution in [0.2, 0.25) is 0 Å². The largest absolute Gasteiger partial charge is 0.341 e. The minimum absolute atomic E-state index is 0.348. The molecule has 0 aromatic rings. The molecule has 0 spiro atoms. The Labute approximate surface area is 129 Å². The molecule has 4 nitrogen and oxygen atoms in total. The maximum atomic E-state index is 11.8. The number of hydrogen-bond donors (Lipinski definition) is 2. The summed E-state index contributed by atoms with van der Waals surface area (Å²) in [4.78, 5) is 13.8. The minimum atomic E-state index is 0.348. The fraction of sp³-hybridized carbons (Fsp3) is 0.941. The second-order valence-corrected chi connectivity index (χ2v) is 7.27. The van der Waals surface area contributed by atoms with Crippen molar-refractivity contribution in [3.05, 3.63) is 0 Å². The SMILES string of the molecule is CC(CN1CCCC1=O)NC1CCCCC1C1CCCN1. The highest BCUT2D eigenvalue weighted by molar-refractivity contribution is 5.78. The number of carbonyl (C=O) groups excluding carboxylic acids is 1. The molecule has 4 heteroatoms. The van der Waals surface area contributed by atoms with Gasteiger partial charge in [-0.05, 0) is 51.5 Å². The molecule has 0 aromatic carbocycles. The van der Waals surface area contributed by atoms with Gasteiger partial charge in [0.05, 0.1) is 0 Å². The van der Waals surface area contributed by atoms with Gasteiger partial charge in [-0.15, -0.1) is 0 Å². The van der Waals surface area contributed by atoms with Crippen LogP contribution in [0.1, 0.15) is 58.3 Å². The third kappa shape index (κ3) is 3.78. The summed E-state index contributed by atoms with van der Waals surface area (Å²) in [6.45, 7) is 5.30. The van der Waals surface area contributed by atoms with E-state index in [9.17, 15) is 4.79 Å². The fourth-order valence-corrected chi connectivity index (χ4v) is 4.57. The molecule has 21 heavy (non-hydrogen) atoms. The van der Waals surface area contributed by atoms with Gasteiger partial charge >= 0.3 is 0 Å². The van der Waals surface area contributed by atoms with Crippen LogP contribution in [0.5, 0.6) is 0 Å². The highest BCUT2D eigenvalue weighted by atomic mass is 16.2. The number of hydrogen-bond acceptors (Lipinski definition) is 3. The first-order valence-electron chi connectivity index (χ1n) is 9.01. The number of rotatable bonds is 5. The summed E-state index contributed by atoms with van der Waals surface area (Å²) in [7, 11) is 0. The lowest BCUT2D eigenvalue weighted by atomic mass is 9.79. The van der Waals surface area contributed by atoms with Crippen LogP contribution in [0.4, 0.5) is 0 Å². The van der Waals surface area contributed by atoms with Crippen LogP contribution in [0.25, 0.3) is 0 Å². The topological polar surface area (TPSA) is 44.4 Å². The highest BCUT2D eigenvalue weighted by Crippen LogP contribution is 2.31. The Balaban J connectivity index is 1.52. The standard InChI is InChI=1S/C17H31N3O/c1-13(12-20-11-5-9-17(20)21)19-16-7-3-2-6-14(16)15-8-4-10-18-15/h13-16,18-19H,2-12H2,1H3.